The third-order valence-corrected chi connectivity index (χ3v) is 6.43. The van der Waals surface area contributed by atoms with E-state index in [4.69, 9.17) is 9.72 Å². The molecule has 158 valence electrons. The van der Waals surface area contributed by atoms with E-state index in [1.54, 1.807) is 30.7 Å². The van der Waals surface area contributed by atoms with Crippen molar-refractivity contribution in [1.82, 2.24) is 20.1 Å². The number of fused-ring (bicyclic) bond motifs is 1. The zero-order chi connectivity index (χ0) is 20.9. The third kappa shape index (κ3) is 4.62. The summed E-state index contributed by atoms with van der Waals surface area (Å²) in [6.45, 7) is 2.68. The number of carbonyl (C=O) groups is 1. The van der Waals surface area contributed by atoms with Crippen LogP contribution in [0.4, 0.5) is 5.13 Å². The summed E-state index contributed by atoms with van der Waals surface area (Å²) in [5, 5.41) is 8.02. The number of nitrogens with zero attached hydrogens (tertiary/aromatic N) is 4. The van der Waals surface area contributed by atoms with Crippen LogP contribution in [0.5, 0.6) is 5.75 Å². The lowest BCUT2D eigenvalue weighted by Gasteiger charge is -2.31. The van der Waals surface area contributed by atoms with Gasteiger partial charge in [0.05, 0.1) is 17.3 Å². The molecule has 1 fully saturated rings. The second-order valence-electron chi connectivity index (χ2n) is 7.32. The predicted molar refractivity (Wildman–Crippen MR) is 117 cm³/mol. The molecule has 1 aromatic carbocycles. The standard InChI is InChI=1S/C21H25N5O3S/c1-29-16-5-6-17-18(14-16)30-21(24-17)25-12-7-15(8-13-25)20(28)22-9-3-11-26-19(27)4-2-10-23-26/h2,4-6,10,14-15H,3,7-9,11-13H2,1H3,(H,22,28). The van der Waals surface area contributed by atoms with E-state index >= 15 is 0 Å². The first-order valence-electron chi connectivity index (χ1n) is 10.1. The number of aromatic nitrogens is 3. The van der Waals surface area contributed by atoms with Crippen LogP contribution >= 0.6 is 11.3 Å². The first-order valence-corrected chi connectivity index (χ1v) is 10.9. The highest BCUT2D eigenvalue weighted by Gasteiger charge is 2.26. The molecular formula is C21H25N5O3S. The number of carbonyl (C=O) groups excluding carboxylic acids is 1. The molecule has 9 heteroatoms. The summed E-state index contributed by atoms with van der Waals surface area (Å²) < 4.78 is 7.81. The summed E-state index contributed by atoms with van der Waals surface area (Å²) in [7, 11) is 1.66. The summed E-state index contributed by atoms with van der Waals surface area (Å²) in [5.74, 6) is 0.950. The average molecular weight is 428 g/mol. The van der Waals surface area contributed by atoms with Crippen LogP contribution < -0.4 is 20.5 Å². The predicted octanol–water partition coefficient (Wildman–Crippen LogP) is 2.28. The van der Waals surface area contributed by atoms with Crippen LogP contribution in [0.1, 0.15) is 19.3 Å². The third-order valence-electron chi connectivity index (χ3n) is 5.35. The Balaban J connectivity index is 1.24. The Bertz CT molecular complexity index is 1070. The van der Waals surface area contributed by atoms with Gasteiger partial charge in [0.1, 0.15) is 5.75 Å². The Labute approximate surface area is 178 Å². The molecule has 3 heterocycles. The number of anilines is 1. The van der Waals surface area contributed by atoms with Crippen LogP contribution in [0.2, 0.25) is 0 Å². The summed E-state index contributed by atoms with van der Waals surface area (Å²) in [5.41, 5.74) is 0.854. The van der Waals surface area contributed by atoms with Gasteiger partial charge in [0.15, 0.2) is 5.13 Å². The van der Waals surface area contributed by atoms with E-state index in [-0.39, 0.29) is 17.4 Å². The van der Waals surface area contributed by atoms with Crippen molar-refractivity contribution < 1.29 is 9.53 Å². The fourth-order valence-corrected chi connectivity index (χ4v) is 4.67. The van der Waals surface area contributed by atoms with Gasteiger partial charge < -0.3 is 15.0 Å². The fourth-order valence-electron chi connectivity index (χ4n) is 3.63. The number of hydrogen-bond acceptors (Lipinski definition) is 7. The second-order valence-corrected chi connectivity index (χ2v) is 8.33. The Morgan fingerprint density at radius 3 is 2.90 bits per heavy atom. The van der Waals surface area contributed by atoms with Crippen LogP contribution in [-0.4, -0.2) is 47.4 Å². The number of amides is 1. The van der Waals surface area contributed by atoms with Gasteiger partial charge in [-0.05, 0) is 43.5 Å². The summed E-state index contributed by atoms with van der Waals surface area (Å²) >= 11 is 1.66. The molecule has 0 unspecified atom stereocenters. The minimum absolute atomic E-state index is 0.0216. The number of hydrogen-bond donors (Lipinski definition) is 1. The van der Waals surface area contributed by atoms with E-state index < -0.39 is 0 Å². The first-order chi connectivity index (χ1) is 14.6. The number of nitrogens with one attached hydrogen (secondary N) is 1. The smallest absolute Gasteiger partial charge is 0.266 e. The fraction of sp³-hybridized carbons (Fsp3) is 0.429. The lowest BCUT2D eigenvalue weighted by Crippen LogP contribution is -2.41. The molecule has 30 heavy (non-hydrogen) atoms. The number of benzene rings is 1. The molecule has 3 aromatic rings. The van der Waals surface area contributed by atoms with Crippen molar-refractivity contribution in [3.8, 4) is 5.75 Å². The van der Waals surface area contributed by atoms with Crippen molar-refractivity contribution in [1.29, 1.82) is 0 Å². The van der Waals surface area contributed by atoms with Crippen molar-refractivity contribution in [2.75, 3.05) is 31.6 Å². The Hall–Kier alpha value is -2.94. The summed E-state index contributed by atoms with van der Waals surface area (Å²) in [4.78, 5) is 31.1. The van der Waals surface area contributed by atoms with Crippen LogP contribution in [0, 0.1) is 5.92 Å². The molecule has 0 spiro atoms. The molecule has 1 aliphatic rings. The molecule has 0 radical (unpaired) electrons. The molecule has 0 saturated carbocycles. The van der Waals surface area contributed by atoms with Gasteiger partial charge in [-0.2, -0.15) is 5.10 Å². The Morgan fingerprint density at radius 1 is 1.30 bits per heavy atom. The highest BCUT2D eigenvalue weighted by Crippen LogP contribution is 2.33. The van der Waals surface area contributed by atoms with Crippen molar-refractivity contribution in [3.63, 3.8) is 0 Å². The zero-order valence-corrected chi connectivity index (χ0v) is 17.7. The summed E-state index contributed by atoms with van der Waals surface area (Å²) in [6.07, 6.45) is 3.89. The zero-order valence-electron chi connectivity index (χ0n) is 16.9. The maximum atomic E-state index is 12.5. The van der Waals surface area contributed by atoms with E-state index in [1.807, 2.05) is 18.2 Å². The van der Waals surface area contributed by atoms with Gasteiger partial charge in [0, 0.05) is 44.4 Å². The van der Waals surface area contributed by atoms with Gasteiger partial charge in [-0.1, -0.05) is 11.3 Å². The molecule has 0 bridgehead atoms. The van der Waals surface area contributed by atoms with Gasteiger partial charge in [-0.15, -0.1) is 0 Å². The van der Waals surface area contributed by atoms with Crippen molar-refractivity contribution in [3.05, 3.63) is 46.9 Å². The quantitative estimate of drug-likeness (QED) is 0.582. The lowest BCUT2D eigenvalue weighted by molar-refractivity contribution is -0.125. The number of rotatable bonds is 7. The Morgan fingerprint density at radius 2 is 2.13 bits per heavy atom. The number of piperidine rings is 1. The van der Waals surface area contributed by atoms with E-state index in [2.05, 4.69) is 15.3 Å². The van der Waals surface area contributed by atoms with Gasteiger partial charge in [0.2, 0.25) is 5.91 Å². The first kappa shape index (κ1) is 20.3. The molecule has 1 saturated heterocycles. The average Bonchev–Trinajstić information content (AvgIpc) is 3.21. The topological polar surface area (TPSA) is 89.3 Å². The van der Waals surface area contributed by atoms with Crippen molar-refractivity contribution >= 4 is 32.6 Å². The van der Waals surface area contributed by atoms with Gasteiger partial charge in [-0.25, -0.2) is 9.67 Å². The number of ether oxygens (including phenoxy) is 1. The van der Waals surface area contributed by atoms with E-state index in [1.165, 1.54) is 10.7 Å². The number of thiazole rings is 1. The molecular weight excluding hydrogens is 402 g/mol. The molecule has 1 aliphatic heterocycles. The molecule has 8 nitrogen and oxygen atoms in total. The van der Waals surface area contributed by atoms with Gasteiger partial charge >= 0.3 is 0 Å². The lowest BCUT2D eigenvalue weighted by atomic mass is 9.96. The van der Waals surface area contributed by atoms with Crippen molar-refractivity contribution in [2.45, 2.75) is 25.8 Å². The highest BCUT2D eigenvalue weighted by atomic mass is 32.1. The summed E-state index contributed by atoms with van der Waals surface area (Å²) in [6, 6.07) is 9.02. The van der Waals surface area contributed by atoms with Crippen molar-refractivity contribution in [2.24, 2.45) is 5.92 Å². The minimum atomic E-state index is -0.121. The normalized spacial score (nSPS) is 14.8. The van der Waals surface area contributed by atoms with E-state index in [0.717, 1.165) is 47.0 Å². The SMILES string of the molecule is COc1ccc2nc(N3CCC(C(=O)NCCCn4ncccc4=O)CC3)sc2c1. The number of aryl methyl sites for hydroxylation is 1. The molecule has 1 amide bonds. The van der Waals surface area contributed by atoms with E-state index in [0.29, 0.717) is 19.5 Å². The maximum absolute atomic E-state index is 12.5. The van der Waals surface area contributed by atoms with Crippen LogP contribution in [-0.2, 0) is 11.3 Å². The van der Waals surface area contributed by atoms with Gasteiger partial charge in [0.25, 0.3) is 5.56 Å². The highest BCUT2D eigenvalue weighted by molar-refractivity contribution is 7.22. The molecule has 4 rings (SSSR count). The van der Waals surface area contributed by atoms with Gasteiger partial charge in [-0.3, -0.25) is 9.59 Å². The molecule has 0 aliphatic carbocycles. The van der Waals surface area contributed by atoms with Crippen LogP contribution in [0.25, 0.3) is 10.2 Å². The maximum Gasteiger partial charge on any atom is 0.266 e. The Kier molecular flexibility index (Phi) is 6.27. The van der Waals surface area contributed by atoms with E-state index in [9.17, 15) is 9.59 Å². The van der Waals surface area contributed by atoms with Crippen LogP contribution in [0.3, 0.4) is 0 Å². The molecule has 0 atom stereocenters. The minimum Gasteiger partial charge on any atom is -0.497 e. The van der Waals surface area contributed by atoms with Crippen LogP contribution in [0.15, 0.2) is 41.3 Å². The number of methoxy groups -OCH3 is 1. The largest absolute Gasteiger partial charge is 0.497 e. The molecule has 2 aromatic heterocycles. The molecule has 1 N–H and O–H groups in total. The monoisotopic (exact) mass is 427 g/mol. The second kappa shape index (κ2) is 9.25.